The second-order valence-corrected chi connectivity index (χ2v) is 7.65. The van der Waals surface area contributed by atoms with Crippen molar-refractivity contribution in [1.82, 2.24) is 24.9 Å². The summed E-state index contributed by atoms with van der Waals surface area (Å²) in [6.45, 7) is 3.76. The van der Waals surface area contributed by atoms with E-state index in [9.17, 15) is 4.79 Å². The normalized spacial score (nSPS) is 14.9. The number of nitrogens with one attached hydrogen (secondary N) is 1. The lowest BCUT2D eigenvalue weighted by Crippen LogP contribution is -2.25. The summed E-state index contributed by atoms with van der Waals surface area (Å²) in [5.41, 5.74) is 0.930. The van der Waals surface area contributed by atoms with Gasteiger partial charge < -0.3 is 9.84 Å². The van der Waals surface area contributed by atoms with Crippen molar-refractivity contribution >= 4 is 23.5 Å². The number of aromatic nitrogens is 5. The number of hydrogen-bond acceptors (Lipinski definition) is 7. The van der Waals surface area contributed by atoms with Gasteiger partial charge >= 0.3 is 0 Å². The summed E-state index contributed by atoms with van der Waals surface area (Å²) in [5, 5.41) is 15.8. The highest BCUT2D eigenvalue weighted by molar-refractivity contribution is 8.00. The predicted octanol–water partition coefficient (Wildman–Crippen LogP) is 3.48. The number of amides is 1. The predicted molar refractivity (Wildman–Crippen MR) is 101 cm³/mol. The van der Waals surface area contributed by atoms with Gasteiger partial charge in [-0.1, -0.05) is 23.8 Å². The van der Waals surface area contributed by atoms with E-state index in [1.165, 1.54) is 11.8 Å². The molecule has 3 aromatic heterocycles. The first kappa shape index (κ1) is 17.7. The molecule has 3 aromatic rings. The number of carbonyl (C=O) groups is 1. The van der Waals surface area contributed by atoms with Crippen molar-refractivity contribution in [2.45, 2.75) is 49.6 Å². The summed E-state index contributed by atoms with van der Waals surface area (Å²) >= 11 is 1.43. The minimum absolute atomic E-state index is 0.121. The van der Waals surface area contributed by atoms with Gasteiger partial charge in [0.05, 0.1) is 5.25 Å². The number of rotatable bonds is 7. The van der Waals surface area contributed by atoms with Crippen LogP contribution >= 0.6 is 11.8 Å². The van der Waals surface area contributed by atoms with Crippen molar-refractivity contribution in [2.24, 2.45) is 0 Å². The second-order valence-electron chi connectivity index (χ2n) is 6.48. The van der Waals surface area contributed by atoms with Gasteiger partial charge in [-0.15, -0.1) is 10.2 Å². The molecule has 9 heteroatoms. The average molecular weight is 384 g/mol. The van der Waals surface area contributed by atoms with Crippen LogP contribution in [0.3, 0.4) is 0 Å². The average Bonchev–Trinajstić information content (AvgIpc) is 3.31. The van der Waals surface area contributed by atoms with Gasteiger partial charge in [-0.05, 0) is 38.3 Å². The molecule has 0 radical (unpaired) electrons. The standard InChI is InChI=1S/C18H20N6O2S/c1-3-14(17(25)20-15-9-11(2)26-23-15)27-18-22-21-16(24(18)13-6-7-13)12-5-4-8-19-10-12/h4-5,8-10,13-14H,3,6-7H2,1-2H3,(H,20,23,25). The Bertz CT molecular complexity index is 934. The largest absolute Gasteiger partial charge is 0.360 e. The first-order valence-corrected chi connectivity index (χ1v) is 9.79. The van der Waals surface area contributed by atoms with E-state index in [2.05, 4.69) is 30.2 Å². The van der Waals surface area contributed by atoms with Crippen LogP contribution in [0.25, 0.3) is 11.4 Å². The van der Waals surface area contributed by atoms with Crippen LogP contribution in [0.5, 0.6) is 0 Å². The van der Waals surface area contributed by atoms with Gasteiger partial charge in [0, 0.05) is 30.1 Å². The van der Waals surface area contributed by atoms with Crippen molar-refractivity contribution in [3.63, 3.8) is 0 Å². The van der Waals surface area contributed by atoms with Crippen LogP contribution in [0.2, 0.25) is 0 Å². The molecule has 1 aliphatic rings. The summed E-state index contributed by atoms with van der Waals surface area (Å²) in [6.07, 6.45) is 6.38. The molecule has 0 bridgehead atoms. The van der Waals surface area contributed by atoms with Gasteiger partial charge in [0.1, 0.15) is 5.76 Å². The molecule has 1 N–H and O–H groups in total. The third-order valence-corrected chi connectivity index (χ3v) is 5.61. The third kappa shape index (κ3) is 3.87. The van der Waals surface area contributed by atoms with Gasteiger partial charge in [-0.25, -0.2) is 0 Å². The van der Waals surface area contributed by atoms with Gasteiger partial charge in [0.15, 0.2) is 16.8 Å². The smallest absolute Gasteiger partial charge is 0.239 e. The Morgan fingerprint density at radius 1 is 1.44 bits per heavy atom. The maximum atomic E-state index is 12.6. The number of hydrogen-bond donors (Lipinski definition) is 1. The zero-order valence-electron chi connectivity index (χ0n) is 15.1. The molecule has 8 nitrogen and oxygen atoms in total. The number of nitrogens with zero attached hydrogens (tertiary/aromatic N) is 5. The Hall–Kier alpha value is -2.68. The highest BCUT2D eigenvalue weighted by Gasteiger charge is 2.32. The van der Waals surface area contributed by atoms with E-state index < -0.39 is 0 Å². The molecule has 1 aliphatic carbocycles. The molecule has 1 atom stereocenters. The summed E-state index contributed by atoms with van der Waals surface area (Å²) in [6, 6.07) is 5.94. The molecular formula is C18H20N6O2S. The number of aryl methyl sites for hydroxylation is 1. The highest BCUT2D eigenvalue weighted by atomic mass is 32.2. The van der Waals surface area contributed by atoms with E-state index in [0.29, 0.717) is 24.0 Å². The van der Waals surface area contributed by atoms with Crippen LogP contribution in [0, 0.1) is 6.92 Å². The zero-order chi connectivity index (χ0) is 18.8. The summed E-state index contributed by atoms with van der Waals surface area (Å²) in [4.78, 5) is 16.8. The molecule has 1 fully saturated rings. The topological polar surface area (TPSA) is 98.7 Å². The van der Waals surface area contributed by atoms with Crippen LogP contribution in [-0.4, -0.2) is 36.1 Å². The fourth-order valence-corrected chi connectivity index (χ4v) is 3.82. The van der Waals surface area contributed by atoms with E-state index >= 15 is 0 Å². The number of thioether (sulfide) groups is 1. The Balaban J connectivity index is 1.55. The zero-order valence-corrected chi connectivity index (χ0v) is 15.9. The molecule has 27 heavy (non-hydrogen) atoms. The molecule has 1 unspecified atom stereocenters. The van der Waals surface area contributed by atoms with Crippen LogP contribution in [-0.2, 0) is 4.79 Å². The maximum Gasteiger partial charge on any atom is 0.239 e. The molecule has 4 rings (SSSR count). The summed E-state index contributed by atoms with van der Waals surface area (Å²) in [5.74, 6) is 1.76. The molecule has 0 aliphatic heterocycles. The minimum Gasteiger partial charge on any atom is -0.360 e. The number of carbonyl (C=O) groups excluding carboxylic acids is 1. The van der Waals surface area contributed by atoms with Crippen molar-refractivity contribution in [2.75, 3.05) is 5.32 Å². The summed E-state index contributed by atoms with van der Waals surface area (Å²) < 4.78 is 7.14. The molecule has 0 saturated heterocycles. The SMILES string of the molecule is CCC(Sc1nnc(-c2cccnc2)n1C1CC1)C(=O)Nc1cc(C)on1. The molecule has 0 aromatic carbocycles. The first-order valence-electron chi connectivity index (χ1n) is 8.92. The van der Waals surface area contributed by atoms with E-state index in [1.807, 2.05) is 19.1 Å². The fourth-order valence-electron chi connectivity index (χ4n) is 2.79. The van der Waals surface area contributed by atoms with Gasteiger partial charge in [0.2, 0.25) is 5.91 Å². The van der Waals surface area contributed by atoms with Crippen LogP contribution in [0.15, 0.2) is 40.3 Å². The van der Waals surface area contributed by atoms with Crippen molar-refractivity contribution in [3.8, 4) is 11.4 Å². The van der Waals surface area contributed by atoms with Crippen LogP contribution < -0.4 is 5.32 Å². The third-order valence-electron chi connectivity index (χ3n) is 4.29. The fraction of sp³-hybridized carbons (Fsp3) is 0.389. The molecule has 1 amide bonds. The molecule has 3 heterocycles. The monoisotopic (exact) mass is 384 g/mol. The van der Waals surface area contributed by atoms with Gasteiger partial charge in [-0.2, -0.15) is 0 Å². The van der Waals surface area contributed by atoms with Crippen molar-refractivity contribution in [3.05, 3.63) is 36.4 Å². The molecular weight excluding hydrogens is 364 g/mol. The lowest BCUT2D eigenvalue weighted by molar-refractivity contribution is -0.115. The number of anilines is 1. The van der Waals surface area contributed by atoms with Crippen molar-refractivity contribution in [1.29, 1.82) is 0 Å². The van der Waals surface area contributed by atoms with Gasteiger partial charge in [-0.3, -0.25) is 14.3 Å². The second kappa shape index (κ2) is 7.51. The summed E-state index contributed by atoms with van der Waals surface area (Å²) in [7, 11) is 0. The maximum absolute atomic E-state index is 12.6. The van der Waals surface area contributed by atoms with E-state index in [4.69, 9.17) is 4.52 Å². The molecule has 140 valence electrons. The number of pyridine rings is 1. The van der Waals surface area contributed by atoms with E-state index in [0.717, 1.165) is 29.4 Å². The Morgan fingerprint density at radius 2 is 2.30 bits per heavy atom. The van der Waals surface area contributed by atoms with Crippen LogP contribution in [0.4, 0.5) is 5.82 Å². The molecule has 0 spiro atoms. The lowest BCUT2D eigenvalue weighted by Gasteiger charge is -2.14. The Labute approximate surface area is 160 Å². The Kier molecular flexibility index (Phi) is 4.93. The van der Waals surface area contributed by atoms with Crippen LogP contribution in [0.1, 0.15) is 38.0 Å². The van der Waals surface area contributed by atoms with Crippen molar-refractivity contribution < 1.29 is 9.32 Å². The van der Waals surface area contributed by atoms with E-state index in [1.54, 1.807) is 25.4 Å². The van der Waals surface area contributed by atoms with Gasteiger partial charge in [0.25, 0.3) is 0 Å². The Morgan fingerprint density at radius 3 is 2.93 bits per heavy atom. The van der Waals surface area contributed by atoms with E-state index in [-0.39, 0.29) is 11.2 Å². The first-order chi connectivity index (χ1) is 13.2. The minimum atomic E-state index is -0.301. The quantitative estimate of drug-likeness (QED) is 0.623. The molecule has 1 saturated carbocycles. The highest BCUT2D eigenvalue weighted by Crippen LogP contribution is 2.42. The lowest BCUT2D eigenvalue weighted by atomic mass is 10.3.